The quantitative estimate of drug-likeness (QED) is 0.875. The Morgan fingerprint density at radius 2 is 2.30 bits per heavy atom. The molecular formula is C14H14N2O3S. The van der Waals surface area contributed by atoms with Crippen molar-refractivity contribution in [3.05, 3.63) is 35.4 Å². The summed E-state index contributed by atoms with van der Waals surface area (Å²) in [5, 5.41) is 20.6. The molecule has 1 unspecified atom stereocenters. The SMILES string of the molecule is N#CCc1cccc(C(=O)NC2(C(=O)O)CCSC2)c1. The first-order chi connectivity index (χ1) is 9.57. The van der Waals surface area contributed by atoms with Crippen LogP contribution in [0.25, 0.3) is 0 Å². The number of hydrogen-bond donors (Lipinski definition) is 2. The van der Waals surface area contributed by atoms with Gasteiger partial charge in [-0.05, 0) is 29.9 Å². The molecular weight excluding hydrogens is 276 g/mol. The first kappa shape index (κ1) is 14.4. The maximum absolute atomic E-state index is 12.2. The normalized spacial score (nSPS) is 21.1. The van der Waals surface area contributed by atoms with Crippen LogP contribution >= 0.6 is 11.8 Å². The summed E-state index contributed by atoms with van der Waals surface area (Å²) in [6, 6.07) is 8.72. The fourth-order valence-electron chi connectivity index (χ4n) is 2.09. The van der Waals surface area contributed by atoms with E-state index in [9.17, 15) is 14.7 Å². The monoisotopic (exact) mass is 290 g/mol. The molecule has 0 spiro atoms. The summed E-state index contributed by atoms with van der Waals surface area (Å²) < 4.78 is 0. The molecule has 0 bridgehead atoms. The number of aliphatic carboxylic acids is 1. The van der Waals surface area contributed by atoms with Gasteiger partial charge in [-0.15, -0.1) is 0 Å². The van der Waals surface area contributed by atoms with Gasteiger partial charge in [-0.1, -0.05) is 12.1 Å². The average Bonchev–Trinajstić information content (AvgIpc) is 2.89. The second-order valence-corrected chi connectivity index (χ2v) is 5.78. The van der Waals surface area contributed by atoms with Crippen LogP contribution in [-0.4, -0.2) is 34.0 Å². The maximum Gasteiger partial charge on any atom is 0.330 e. The topological polar surface area (TPSA) is 90.2 Å². The number of hydrogen-bond acceptors (Lipinski definition) is 4. The van der Waals surface area contributed by atoms with Crippen LogP contribution in [0.15, 0.2) is 24.3 Å². The number of carbonyl (C=O) groups excluding carboxylic acids is 1. The number of nitriles is 1. The van der Waals surface area contributed by atoms with Crippen LogP contribution in [0, 0.1) is 11.3 Å². The van der Waals surface area contributed by atoms with E-state index in [1.54, 1.807) is 24.3 Å². The third-order valence-electron chi connectivity index (χ3n) is 3.26. The molecule has 5 nitrogen and oxygen atoms in total. The summed E-state index contributed by atoms with van der Waals surface area (Å²) in [4.78, 5) is 23.6. The van der Waals surface area contributed by atoms with Crippen molar-refractivity contribution in [2.24, 2.45) is 0 Å². The van der Waals surface area contributed by atoms with E-state index in [2.05, 4.69) is 5.32 Å². The van der Waals surface area contributed by atoms with Gasteiger partial charge in [0.2, 0.25) is 0 Å². The third-order valence-corrected chi connectivity index (χ3v) is 4.45. The second-order valence-electron chi connectivity index (χ2n) is 4.68. The average molecular weight is 290 g/mol. The Labute approximate surface area is 121 Å². The van der Waals surface area contributed by atoms with Crippen molar-refractivity contribution in [3.63, 3.8) is 0 Å². The van der Waals surface area contributed by atoms with Crippen LogP contribution in [0.2, 0.25) is 0 Å². The second kappa shape index (κ2) is 5.97. The number of carboxylic acid groups (broad SMARTS) is 1. The number of rotatable bonds is 4. The molecule has 20 heavy (non-hydrogen) atoms. The highest BCUT2D eigenvalue weighted by molar-refractivity contribution is 7.99. The number of carbonyl (C=O) groups is 2. The Kier molecular flexibility index (Phi) is 4.30. The minimum atomic E-state index is -1.17. The minimum absolute atomic E-state index is 0.223. The zero-order chi connectivity index (χ0) is 14.6. The van der Waals surface area contributed by atoms with Crippen molar-refractivity contribution < 1.29 is 14.7 Å². The van der Waals surface area contributed by atoms with Gasteiger partial charge >= 0.3 is 5.97 Å². The van der Waals surface area contributed by atoms with Crippen LogP contribution in [0.5, 0.6) is 0 Å². The van der Waals surface area contributed by atoms with Gasteiger partial charge in [0.15, 0.2) is 0 Å². The van der Waals surface area contributed by atoms with Crippen molar-refractivity contribution in [3.8, 4) is 6.07 Å². The van der Waals surface area contributed by atoms with Crippen molar-refractivity contribution in [2.45, 2.75) is 18.4 Å². The molecule has 1 aliphatic rings. The standard InChI is InChI=1S/C14H14N2O3S/c15-6-4-10-2-1-3-11(8-10)12(17)16-14(13(18)19)5-7-20-9-14/h1-3,8H,4-5,7,9H2,(H,16,17)(H,18,19). The summed E-state index contributed by atoms with van der Waals surface area (Å²) in [6.45, 7) is 0. The van der Waals surface area contributed by atoms with E-state index in [0.29, 0.717) is 17.7 Å². The number of nitrogens with one attached hydrogen (secondary N) is 1. The van der Waals surface area contributed by atoms with Crippen molar-refractivity contribution in [2.75, 3.05) is 11.5 Å². The summed E-state index contributed by atoms with van der Waals surface area (Å²) in [5.74, 6) is -0.300. The molecule has 1 atom stereocenters. The van der Waals surface area contributed by atoms with Gasteiger partial charge < -0.3 is 10.4 Å². The Morgan fingerprint density at radius 1 is 1.50 bits per heavy atom. The van der Waals surface area contributed by atoms with Gasteiger partial charge in [-0.2, -0.15) is 17.0 Å². The Bertz CT molecular complexity index is 574. The maximum atomic E-state index is 12.2. The lowest BCUT2D eigenvalue weighted by molar-refractivity contribution is -0.143. The molecule has 6 heteroatoms. The van der Waals surface area contributed by atoms with Gasteiger partial charge in [-0.3, -0.25) is 4.79 Å². The Hall–Kier alpha value is -2.00. The van der Waals surface area contributed by atoms with Crippen molar-refractivity contribution in [1.29, 1.82) is 5.26 Å². The van der Waals surface area contributed by atoms with E-state index in [4.69, 9.17) is 5.26 Å². The molecule has 1 fully saturated rings. The zero-order valence-electron chi connectivity index (χ0n) is 10.8. The van der Waals surface area contributed by atoms with Crippen LogP contribution in [-0.2, 0) is 11.2 Å². The van der Waals surface area contributed by atoms with Crippen molar-refractivity contribution >= 4 is 23.6 Å². The van der Waals surface area contributed by atoms with Crippen LogP contribution in [0.1, 0.15) is 22.3 Å². The highest BCUT2D eigenvalue weighted by atomic mass is 32.2. The van der Waals surface area contributed by atoms with E-state index in [-0.39, 0.29) is 6.42 Å². The number of carboxylic acids is 1. The number of benzene rings is 1. The lowest BCUT2D eigenvalue weighted by atomic mass is 9.98. The smallest absolute Gasteiger partial charge is 0.330 e. The van der Waals surface area contributed by atoms with Crippen LogP contribution in [0.3, 0.4) is 0 Å². The largest absolute Gasteiger partial charge is 0.479 e. The van der Waals surface area contributed by atoms with E-state index in [1.165, 1.54) is 11.8 Å². The summed E-state index contributed by atoms with van der Waals surface area (Å²) in [5.41, 5.74) is -0.0481. The molecule has 0 saturated carbocycles. The van der Waals surface area contributed by atoms with E-state index < -0.39 is 17.4 Å². The van der Waals surface area contributed by atoms with E-state index in [1.807, 2.05) is 6.07 Å². The lowest BCUT2D eigenvalue weighted by Crippen LogP contribution is -2.54. The lowest BCUT2D eigenvalue weighted by Gasteiger charge is -2.24. The zero-order valence-corrected chi connectivity index (χ0v) is 11.6. The molecule has 0 aromatic heterocycles. The molecule has 1 aromatic rings. The summed E-state index contributed by atoms with van der Waals surface area (Å²) in [7, 11) is 0. The first-order valence-electron chi connectivity index (χ1n) is 6.17. The summed E-state index contributed by atoms with van der Waals surface area (Å²) in [6.07, 6.45) is 0.650. The van der Waals surface area contributed by atoms with E-state index >= 15 is 0 Å². The molecule has 2 rings (SSSR count). The predicted molar refractivity (Wildman–Crippen MR) is 75.5 cm³/mol. The van der Waals surface area contributed by atoms with E-state index in [0.717, 1.165) is 11.3 Å². The number of amides is 1. The highest BCUT2D eigenvalue weighted by Gasteiger charge is 2.43. The number of thioether (sulfide) groups is 1. The van der Waals surface area contributed by atoms with Gasteiger partial charge in [0.05, 0.1) is 12.5 Å². The molecule has 2 N–H and O–H groups in total. The third kappa shape index (κ3) is 2.94. The molecule has 1 aromatic carbocycles. The molecule has 0 aliphatic carbocycles. The van der Waals surface area contributed by atoms with Crippen LogP contribution in [0.4, 0.5) is 0 Å². The predicted octanol–water partition coefficient (Wildman–Crippen LogP) is 1.44. The molecule has 1 heterocycles. The highest BCUT2D eigenvalue weighted by Crippen LogP contribution is 2.28. The number of nitrogens with zero attached hydrogens (tertiary/aromatic N) is 1. The Morgan fingerprint density at radius 3 is 2.90 bits per heavy atom. The van der Waals surface area contributed by atoms with Gasteiger partial charge in [0.25, 0.3) is 5.91 Å². The molecule has 1 amide bonds. The molecule has 1 aliphatic heterocycles. The molecule has 0 radical (unpaired) electrons. The van der Waals surface area contributed by atoms with Gasteiger partial charge in [0, 0.05) is 11.3 Å². The Balaban J connectivity index is 2.17. The van der Waals surface area contributed by atoms with Gasteiger partial charge in [-0.25, -0.2) is 4.79 Å². The van der Waals surface area contributed by atoms with Crippen molar-refractivity contribution in [1.82, 2.24) is 5.32 Å². The first-order valence-corrected chi connectivity index (χ1v) is 7.32. The molecule has 1 saturated heterocycles. The summed E-state index contributed by atoms with van der Waals surface area (Å²) >= 11 is 1.52. The minimum Gasteiger partial charge on any atom is -0.479 e. The molecule has 104 valence electrons. The fourth-order valence-corrected chi connectivity index (χ4v) is 3.41. The van der Waals surface area contributed by atoms with Crippen LogP contribution < -0.4 is 5.32 Å². The fraction of sp³-hybridized carbons (Fsp3) is 0.357. The van der Waals surface area contributed by atoms with Gasteiger partial charge in [0.1, 0.15) is 5.54 Å².